The van der Waals surface area contributed by atoms with Crippen molar-refractivity contribution in [2.45, 2.75) is 0 Å². The molecule has 11 aromatic rings. The average Bonchev–Trinajstić information content (AvgIpc) is 3.71. The molecule has 2 heteroatoms. The molecule has 0 radical (unpaired) electrons. The number of hydrogen-bond acceptors (Lipinski definition) is 2. The van der Waals surface area contributed by atoms with Gasteiger partial charge in [0.25, 0.3) is 0 Å². The molecule has 0 unspecified atom stereocenters. The van der Waals surface area contributed by atoms with Crippen LogP contribution in [0.1, 0.15) is 0 Å². The van der Waals surface area contributed by atoms with Crippen LogP contribution in [0.5, 0.6) is 0 Å². The second-order valence-electron chi connectivity index (χ2n) is 15.3. The maximum Gasteiger partial charge on any atom is 0.0467 e. The monoisotopic (exact) mass is 781 g/mol. The van der Waals surface area contributed by atoms with E-state index in [4.69, 9.17) is 0 Å². The highest BCUT2D eigenvalue weighted by Gasteiger charge is 2.17. The van der Waals surface area contributed by atoms with Gasteiger partial charge in [-0.3, -0.25) is 0 Å². The molecular weight excluding hydrogens is 743 g/mol. The molecule has 11 rings (SSSR count). The molecule has 0 aliphatic rings. The van der Waals surface area contributed by atoms with Crippen LogP contribution < -0.4 is 4.90 Å². The number of rotatable bonds is 8. The molecule has 0 aliphatic heterocycles. The Morgan fingerprint density at radius 2 is 0.733 bits per heavy atom. The summed E-state index contributed by atoms with van der Waals surface area (Å²) in [6, 6.07) is 86.1. The van der Waals surface area contributed by atoms with E-state index < -0.39 is 0 Å². The van der Waals surface area contributed by atoms with E-state index in [9.17, 15) is 0 Å². The normalized spacial score (nSPS) is 11.3. The van der Waals surface area contributed by atoms with Crippen molar-refractivity contribution < 1.29 is 0 Å². The van der Waals surface area contributed by atoms with Crippen LogP contribution >= 0.6 is 11.3 Å². The summed E-state index contributed by atoms with van der Waals surface area (Å²) in [7, 11) is 0. The third kappa shape index (κ3) is 6.63. The zero-order valence-corrected chi connectivity index (χ0v) is 33.7. The molecular formula is C58H39NS. The van der Waals surface area contributed by atoms with Gasteiger partial charge in [0, 0.05) is 37.2 Å². The number of anilines is 3. The third-order valence-corrected chi connectivity index (χ3v) is 12.9. The second kappa shape index (κ2) is 15.3. The van der Waals surface area contributed by atoms with Crippen LogP contribution in [0.4, 0.5) is 17.1 Å². The number of thiophene rings is 1. The fourth-order valence-corrected chi connectivity index (χ4v) is 9.95. The molecule has 0 amide bonds. The Morgan fingerprint density at radius 1 is 0.267 bits per heavy atom. The second-order valence-corrected chi connectivity index (χ2v) is 16.4. The zero-order chi connectivity index (χ0) is 39.8. The maximum atomic E-state index is 2.39. The van der Waals surface area contributed by atoms with Gasteiger partial charge in [0.05, 0.1) is 0 Å². The molecule has 282 valence electrons. The van der Waals surface area contributed by atoms with Crippen molar-refractivity contribution in [3.63, 3.8) is 0 Å². The van der Waals surface area contributed by atoms with E-state index in [0.717, 1.165) is 17.1 Å². The van der Waals surface area contributed by atoms with Gasteiger partial charge in [-0.05, 0) is 121 Å². The van der Waals surface area contributed by atoms with Crippen molar-refractivity contribution >= 4 is 59.3 Å². The summed E-state index contributed by atoms with van der Waals surface area (Å²) in [6.45, 7) is 0. The molecule has 0 aliphatic carbocycles. The summed E-state index contributed by atoms with van der Waals surface area (Å²) in [5.74, 6) is 0. The van der Waals surface area contributed by atoms with Crippen molar-refractivity contribution in [3.05, 3.63) is 237 Å². The lowest BCUT2D eigenvalue weighted by Crippen LogP contribution is -2.10. The highest BCUT2D eigenvalue weighted by molar-refractivity contribution is 7.26. The summed E-state index contributed by atoms with van der Waals surface area (Å²) < 4.78 is 2.66. The van der Waals surface area contributed by atoms with E-state index in [1.165, 1.54) is 86.6 Å². The standard InChI is InChI=1S/C58H39NS/c1-2-14-40(15-3-1)43-18-8-20-45(36-43)46-21-10-24-50(38-46)59(51-25-11-23-48(39-51)53-28-12-17-42-16-4-5-26-52(42)53)49-34-32-41(33-35-49)44-19-9-22-47(37-44)54-29-13-30-56-55-27-6-7-31-57(55)60-58(54)56/h1-39H. The van der Waals surface area contributed by atoms with E-state index in [0.29, 0.717) is 0 Å². The Balaban J connectivity index is 1.000. The Labute approximate surface area is 354 Å². The molecule has 0 spiro atoms. The lowest BCUT2D eigenvalue weighted by molar-refractivity contribution is 1.28. The lowest BCUT2D eigenvalue weighted by atomic mass is 9.96. The molecule has 10 aromatic carbocycles. The minimum atomic E-state index is 1.09. The number of nitrogens with zero attached hydrogens (tertiary/aromatic N) is 1. The highest BCUT2D eigenvalue weighted by atomic mass is 32.1. The van der Waals surface area contributed by atoms with E-state index in [-0.39, 0.29) is 0 Å². The minimum absolute atomic E-state index is 1.09. The molecule has 0 saturated heterocycles. The number of hydrogen-bond donors (Lipinski definition) is 0. The van der Waals surface area contributed by atoms with Crippen molar-refractivity contribution in [3.8, 4) is 55.6 Å². The van der Waals surface area contributed by atoms with Gasteiger partial charge in [-0.25, -0.2) is 0 Å². The summed E-state index contributed by atoms with van der Waals surface area (Å²) in [5.41, 5.74) is 15.4. The lowest BCUT2D eigenvalue weighted by Gasteiger charge is -2.27. The fraction of sp³-hybridized carbons (Fsp3) is 0. The van der Waals surface area contributed by atoms with Gasteiger partial charge in [-0.15, -0.1) is 11.3 Å². The van der Waals surface area contributed by atoms with Crippen molar-refractivity contribution in [2.75, 3.05) is 4.90 Å². The SMILES string of the molecule is c1ccc(-c2cccc(-c3cccc(N(c4ccc(-c5cccc(-c6cccc7c6sc6ccccc67)c5)cc4)c4cccc(-c5cccc6ccccc56)c4)c3)c2)cc1. The first-order valence-electron chi connectivity index (χ1n) is 20.5. The maximum absolute atomic E-state index is 2.39. The molecule has 0 fully saturated rings. The minimum Gasteiger partial charge on any atom is -0.310 e. The van der Waals surface area contributed by atoms with Crippen LogP contribution in [0, 0.1) is 0 Å². The fourth-order valence-electron chi connectivity index (χ4n) is 8.71. The van der Waals surface area contributed by atoms with Gasteiger partial charge in [-0.2, -0.15) is 0 Å². The van der Waals surface area contributed by atoms with Crippen LogP contribution in [0.15, 0.2) is 237 Å². The summed E-state index contributed by atoms with van der Waals surface area (Å²) in [4.78, 5) is 2.39. The van der Waals surface area contributed by atoms with Crippen LogP contribution in [0.25, 0.3) is 86.6 Å². The van der Waals surface area contributed by atoms with Gasteiger partial charge in [0.2, 0.25) is 0 Å². The Morgan fingerprint density at radius 3 is 1.50 bits per heavy atom. The Bertz CT molecular complexity index is 3320. The van der Waals surface area contributed by atoms with Crippen molar-refractivity contribution in [1.82, 2.24) is 0 Å². The van der Waals surface area contributed by atoms with E-state index >= 15 is 0 Å². The number of fused-ring (bicyclic) bond motifs is 4. The van der Waals surface area contributed by atoms with Crippen molar-refractivity contribution in [2.24, 2.45) is 0 Å². The quantitative estimate of drug-likeness (QED) is 0.148. The number of benzene rings is 10. The first kappa shape index (κ1) is 35.6. The Kier molecular flexibility index (Phi) is 9.11. The average molecular weight is 782 g/mol. The third-order valence-electron chi connectivity index (χ3n) is 11.6. The predicted octanol–water partition coefficient (Wildman–Crippen LogP) is 17.0. The molecule has 0 N–H and O–H groups in total. The molecule has 0 atom stereocenters. The molecule has 60 heavy (non-hydrogen) atoms. The van der Waals surface area contributed by atoms with Gasteiger partial charge < -0.3 is 4.90 Å². The van der Waals surface area contributed by atoms with Crippen molar-refractivity contribution in [1.29, 1.82) is 0 Å². The zero-order valence-electron chi connectivity index (χ0n) is 32.9. The Hall–Kier alpha value is -7.52. The highest BCUT2D eigenvalue weighted by Crippen LogP contribution is 2.43. The van der Waals surface area contributed by atoms with E-state index in [1.807, 2.05) is 11.3 Å². The van der Waals surface area contributed by atoms with Gasteiger partial charge in [0.15, 0.2) is 0 Å². The summed E-state index contributed by atoms with van der Waals surface area (Å²) >= 11 is 1.88. The summed E-state index contributed by atoms with van der Waals surface area (Å²) in [6.07, 6.45) is 0. The molecule has 0 bridgehead atoms. The van der Waals surface area contributed by atoms with Crippen LogP contribution in [-0.4, -0.2) is 0 Å². The van der Waals surface area contributed by atoms with Crippen LogP contribution in [0.3, 0.4) is 0 Å². The first-order chi connectivity index (χ1) is 29.7. The largest absolute Gasteiger partial charge is 0.310 e. The van der Waals surface area contributed by atoms with E-state index in [1.54, 1.807) is 0 Å². The molecule has 1 nitrogen and oxygen atoms in total. The molecule has 0 saturated carbocycles. The predicted molar refractivity (Wildman–Crippen MR) is 259 cm³/mol. The molecule has 1 heterocycles. The smallest absolute Gasteiger partial charge is 0.0467 e. The van der Waals surface area contributed by atoms with Gasteiger partial charge in [0.1, 0.15) is 0 Å². The van der Waals surface area contributed by atoms with Crippen LogP contribution in [0.2, 0.25) is 0 Å². The van der Waals surface area contributed by atoms with Gasteiger partial charge >= 0.3 is 0 Å². The summed E-state index contributed by atoms with van der Waals surface area (Å²) in [5, 5.41) is 5.13. The van der Waals surface area contributed by atoms with E-state index in [2.05, 4.69) is 241 Å². The van der Waals surface area contributed by atoms with Crippen LogP contribution in [-0.2, 0) is 0 Å². The van der Waals surface area contributed by atoms with Gasteiger partial charge in [-0.1, -0.05) is 182 Å². The first-order valence-corrected chi connectivity index (χ1v) is 21.3. The topological polar surface area (TPSA) is 3.24 Å². The molecule has 1 aromatic heterocycles.